The van der Waals surface area contributed by atoms with Crippen LogP contribution in [0.1, 0.15) is 32.3 Å². The molecule has 2 N–H and O–H groups in total. The second-order valence-corrected chi connectivity index (χ2v) is 4.52. The molecule has 1 aromatic carbocycles. The third-order valence-corrected chi connectivity index (χ3v) is 3.88. The minimum atomic E-state index is -0.321. The number of hydrogen-bond donors (Lipinski definition) is 1. The summed E-state index contributed by atoms with van der Waals surface area (Å²) in [6.45, 7) is 4.91. The maximum Gasteiger partial charge on any atom is 0.119 e. The van der Waals surface area contributed by atoms with Crippen LogP contribution >= 0.6 is 0 Å². The largest absolute Gasteiger partial charge is 0.497 e. The first-order valence-electron chi connectivity index (χ1n) is 6.58. The lowest BCUT2D eigenvalue weighted by Gasteiger charge is -2.39. The fourth-order valence-corrected chi connectivity index (χ4v) is 2.73. The van der Waals surface area contributed by atoms with E-state index >= 15 is 0 Å². The van der Waals surface area contributed by atoms with Crippen molar-refractivity contribution in [1.82, 2.24) is 0 Å². The van der Waals surface area contributed by atoms with Gasteiger partial charge in [0.1, 0.15) is 5.75 Å². The average molecular weight is 251 g/mol. The topological polar surface area (TPSA) is 44.5 Å². The molecule has 0 aliphatic rings. The summed E-state index contributed by atoms with van der Waals surface area (Å²) in [4.78, 5) is 0. The van der Waals surface area contributed by atoms with E-state index in [1.54, 1.807) is 14.2 Å². The maximum atomic E-state index is 5.92. The smallest absolute Gasteiger partial charge is 0.119 e. The van der Waals surface area contributed by atoms with Gasteiger partial charge in [-0.1, -0.05) is 26.0 Å². The highest BCUT2D eigenvalue weighted by atomic mass is 16.5. The second-order valence-electron chi connectivity index (χ2n) is 4.52. The summed E-state index contributed by atoms with van der Waals surface area (Å²) in [7, 11) is 3.45. The monoisotopic (exact) mass is 251 g/mol. The van der Waals surface area contributed by atoms with Crippen LogP contribution in [0.3, 0.4) is 0 Å². The van der Waals surface area contributed by atoms with E-state index in [1.807, 2.05) is 18.2 Å². The van der Waals surface area contributed by atoms with Crippen molar-refractivity contribution in [1.29, 1.82) is 0 Å². The van der Waals surface area contributed by atoms with Crippen molar-refractivity contribution < 1.29 is 9.47 Å². The van der Waals surface area contributed by atoms with Crippen molar-refractivity contribution >= 4 is 0 Å². The van der Waals surface area contributed by atoms with Crippen LogP contribution in [0.2, 0.25) is 0 Å². The van der Waals surface area contributed by atoms with Crippen LogP contribution in [-0.4, -0.2) is 20.8 Å². The molecule has 2 unspecified atom stereocenters. The molecule has 0 bridgehead atoms. The second kappa shape index (κ2) is 6.76. The van der Waals surface area contributed by atoms with Crippen LogP contribution in [0, 0.1) is 5.92 Å². The summed E-state index contributed by atoms with van der Waals surface area (Å²) in [6.07, 6.45) is 1.89. The van der Waals surface area contributed by atoms with E-state index in [2.05, 4.69) is 19.9 Å². The standard InChI is InChI=1S/C15H25NO2/c1-5-12(11-16)15(6-2,18-4)13-8-7-9-14(10-13)17-3/h7-10,12H,5-6,11,16H2,1-4H3. The van der Waals surface area contributed by atoms with Crippen molar-refractivity contribution in [2.24, 2.45) is 11.7 Å². The SMILES string of the molecule is CCC(CN)C(CC)(OC)c1cccc(OC)c1. The van der Waals surface area contributed by atoms with E-state index in [0.717, 1.165) is 24.2 Å². The molecule has 2 atom stereocenters. The Balaban J connectivity index is 3.24. The van der Waals surface area contributed by atoms with Gasteiger partial charge in [-0.15, -0.1) is 0 Å². The molecule has 18 heavy (non-hydrogen) atoms. The van der Waals surface area contributed by atoms with E-state index in [9.17, 15) is 0 Å². The Morgan fingerprint density at radius 2 is 2.00 bits per heavy atom. The Kier molecular flexibility index (Phi) is 5.63. The highest BCUT2D eigenvalue weighted by Gasteiger charge is 2.37. The van der Waals surface area contributed by atoms with Gasteiger partial charge < -0.3 is 15.2 Å². The van der Waals surface area contributed by atoms with Crippen LogP contribution in [0.5, 0.6) is 5.75 Å². The van der Waals surface area contributed by atoms with Gasteiger partial charge in [0.15, 0.2) is 0 Å². The zero-order valence-corrected chi connectivity index (χ0v) is 11.9. The van der Waals surface area contributed by atoms with E-state index in [0.29, 0.717) is 12.5 Å². The predicted molar refractivity (Wildman–Crippen MR) is 74.8 cm³/mol. The van der Waals surface area contributed by atoms with Gasteiger partial charge in [0.25, 0.3) is 0 Å². The van der Waals surface area contributed by atoms with E-state index in [1.165, 1.54) is 0 Å². The first-order valence-corrected chi connectivity index (χ1v) is 6.58. The summed E-state index contributed by atoms with van der Waals surface area (Å²) < 4.78 is 11.2. The predicted octanol–water partition coefficient (Wildman–Crippen LogP) is 2.93. The minimum Gasteiger partial charge on any atom is -0.497 e. The zero-order chi connectivity index (χ0) is 13.6. The molecule has 0 saturated heterocycles. The lowest BCUT2D eigenvalue weighted by Crippen LogP contribution is -2.40. The minimum absolute atomic E-state index is 0.305. The zero-order valence-electron chi connectivity index (χ0n) is 11.9. The highest BCUT2D eigenvalue weighted by molar-refractivity contribution is 5.33. The van der Waals surface area contributed by atoms with Gasteiger partial charge in [-0.25, -0.2) is 0 Å². The number of nitrogens with two attached hydrogens (primary N) is 1. The van der Waals surface area contributed by atoms with Gasteiger partial charge in [-0.05, 0) is 37.1 Å². The van der Waals surface area contributed by atoms with Crippen molar-refractivity contribution in [2.45, 2.75) is 32.3 Å². The average Bonchev–Trinajstić information content (AvgIpc) is 2.45. The van der Waals surface area contributed by atoms with Crippen molar-refractivity contribution in [2.75, 3.05) is 20.8 Å². The summed E-state index contributed by atoms with van der Waals surface area (Å²) in [6, 6.07) is 8.09. The molecule has 0 saturated carbocycles. The Hall–Kier alpha value is -1.06. The molecule has 0 aromatic heterocycles. The van der Waals surface area contributed by atoms with Gasteiger partial charge in [0, 0.05) is 13.0 Å². The Morgan fingerprint density at radius 3 is 2.44 bits per heavy atom. The summed E-state index contributed by atoms with van der Waals surface area (Å²) in [5.41, 5.74) is 6.74. The molecule has 0 fully saturated rings. The number of methoxy groups -OCH3 is 2. The molecule has 3 heteroatoms. The van der Waals surface area contributed by atoms with E-state index in [-0.39, 0.29) is 5.60 Å². The maximum absolute atomic E-state index is 5.92. The molecule has 0 amide bonds. The third kappa shape index (κ3) is 2.68. The van der Waals surface area contributed by atoms with E-state index in [4.69, 9.17) is 15.2 Å². The van der Waals surface area contributed by atoms with Crippen LogP contribution in [-0.2, 0) is 10.3 Å². The molecule has 1 aromatic rings. The molecule has 102 valence electrons. The van der Waals surface area contributed by atoms with Gasteiger partial charge in [-0.3, -0.25) is 0 Å². The molecular weight excluding hydrogens is 226 g/mol. The fourth-order valence-electron chi connectivity index (χ4n) is 2.73. The number of benzene rings is 1. The van der Waals surface area contributed by atoms with Gasteiger partial charge in [0.2, 0.25) is 0 Å². The molecule has 1 rings (SSSR count). The van der Waals surface area contributed by atoms with Crippen molar-refractivity contribution in [3.05, 3.63) is 29.8 Å². The molecule has 0 spiro atoms. The Bertz CT molecular complexity index is 357. The van der Waals surface area contributed by atoms with Crippen molar-refractivity contribution in [3.8, 4) is 5.75 Å². The molecule has 0 aliphatic carbocycles. The lowest BCUT2D eigenvalue weighted by atomic mass is 9.77. The number of hydrogen-bond acceptors (Lipinski definition) is 3. The normalized spacial score (nSPS) is 16.1. The molecule has 0 heterocycles. The first kappa shape index (κ1) is 15.0. The number of ether oxygens (including phenoxy) is 2. The van der Waals surface area contributed by atoms with Crippen LogP contribution in [0.25, 0.3) is 0 Å². The molecular formula is C15H25NO2. The lowest BCUT2D eigenvalue weighted by molar-refractivity contribution is -0.0666. The van der Waals surface area contributed by atoms with E-state index < -0.39 is 0 Å². The summed E-state index contributed by atoms with van der Waals surface area (Å²) in [5.74, 6) is 1.16. The third-order valence-electron chi connectivity index (χ3n) is 3.88. The van der Waals surface area contributed by atoms with Crippen LogP contribution < -0.4 is 10.5 Å². The number of rotatable bonds is 7. The van der Waals surface area contributed by atoms with Gasteiger partial charge in [-0.2, -0.15) is 0 Å². The quantitative estimate of drug-likeness (QED) is 0.810. The Labute approximate surface area is 110 Å². The van der Waals surface area contributed by atoms with Gasteiger partial charge in [0.05, 0.1) is 12.7 Å². The highest BCUT2D eigenvalue weighted by Crippen LogP contribution is 2.39. The first-order chi connectivity index (χ1) is 8.68. The van der Waals surface area contributed by atoms with Gasteiger partial charge >= 0.3 is 0 Å². The van der Waals surface area contributed by atoms with Crippen LogP contribution in [0.15, 0.2) is 24.3 Å². The summed E-state index contributed by atoms with van der Waals surface area (Å²) in [5, 5.41) is 0. The summed E-state index contributed by atoms with van der Waals surface area (Å²) >= 11 is 0. The Morgan fingerprint density at radius 1 is 1.28 bits per heavy atom. The molecule has 0 radical (unpaired) electrons. The van der Waals surface area contributed by atoms with Crippen molar-refractivity contribution in [3.63, 3.8) is 0 Å². The molecule has 0 aliphatic heterocycles. The fraction of sp³-hybridized carbons (Fsp3) is 0.600. The molecule has 3 nitrogen and oxygen atoms in total. The van der Waals surface area contributed by atoms with Crippen LogP contribution in [0.4, 0.5) is 0 Å².